The van der Waals surface area contributed by atoms with Crippen LogP contribution < -0.4 is 0 Å². The van der Waals surface area contributed by atoms with Gasteiger partial charge in [-0.2, -0.15) is 0 Å². The first kappa shape index (κ1) is 14.3. The van der Waals surface area contributed by atoms with Gasteiger partial charge in [0.05, 0.1) is 5.41 Å². The van der Waals surface area contributed by atoms with Crippen molar-refractivity contribution in [1.82, 2.24) is 0 Å². The van der Waals surface area contributed by atoms with Crippen molar-refractivity contribution in [2.75, 3.05) is 0 Å². The average Bonchev–Trinajstić information content (AvgIpc) is 2.82. The lowest BCUT2D eigenvalue weighted by atomic mass is 9.47. The van der Waals surface area contributed by atoms with Crippen LogP contribution in [0.2, 0.25) is 0 Å². The highest BCUT2D eigenvalue weighted by Crippen LogP contribution is 2.63. The number of rotatable bonds is 1. The molecule has 0 unspecified atom stereocenters. The van der Waals surface area contributed by atoms with Gasteiger partial charge < -0.3 is 4.79 Å². The number of allylic oxidation sites excluding steroid dienone is 1. The second kappa shape index (κ2) is 4.62. The molecule has 3 heteroatoms. The Hall–Kier alpha value is -1.25. The van der Waals surface area contributed by atoms with Gasteiger partial charge in [-0.15, -0.1) is 0 Å². The van der Waals surface area contributed by atoms with E-state index in [0.29, 0.717) is 36.4 Å². The van der Waals surface area contributed by atoms with E-state index in [0.717, 1.165) is 50.4 Å². The van der Waals surface area contributed by atoms with Crippen molar-refractivity contribution in [3.63, 3.8) is 0 Å². The van der Waals surface area contributed by atoms with Gasteiger partial charge in [0.2, 0.25) is 0 Å². The average molecular weight is 300 g/mol. The Morgan fingerprint density at radius 2 is 1.86 bits per heavy atom. The summed E-state index contributed by atoms with van der Waals surface area (Å²) in [7, 11) is 0. The molecule has 0 saturated heterocycles. The molecule has 0 bridgehead atoms. The molecule has 3 fully saturated rings. The van der Waals surface area contributed by atoms with E-state index in [9.17, 15) is 14.4 Å². The first-order chi connectivity index (χ1) is 10.5. The summed E-state index contributed by atoms with van der Waals surface area (Å²) >= 11 is 0. The van der Waals surface area contributed by atoms with Crippen LogP contribution in [-0.2, 0) is 14.4 Å². The number of fused-ring (bicyclic) bond motifs is 5. The van der Waals surface area contributed by atoms with Crippen molar-refractivity contribution >= 4 is 17.9 Å². The SMILES string of the molecule is C[C@@]12CC[C@H]3[C@@H](CCC4=CC(=O)CC[C@@]43C=O)[C@H]1CCC2=O. The maximum Gasteiger partial charge on any atom is 0.155 e. The van der Waals surface area contributed by atoms with Crippen LogP contribution in [0.3, 0.4) is 0 Å². The minimum absolute atomic E-state index is 0.142. The summed E-state index contributed by atoms with van der Waals surface area (Å²) in [4.78, 5) is 36.2. The fourth-order valence-electron chi connectivity index (χ4n) is 6.26. The molecule has 0 aromatic rings. The van der Waals surface area contributed by atoms with Gasteiger partial charge in [-0.1, -0.05) is 12.5 Å². The first-order valence-electron chi connectivity index (χ1n) is 8.75. The van der Waals surface area contributed by atoms with E-state index in [1.807, 2.05) is 0 Å². The van der Waals surface area contributed by atoms with E-state index in [1.165, 1.54) is 0 Å². The molecule has 4 aliphatic carbocycles. The third-order valence-corrected chi connectivity index (χ3v) is 7.48. The molecule has 5 atom stereocenters. The predicted molar refractivity (Wildman–Crippen MR) is 82.1 cm³/mol. The fourth-order valence-corrected chi connectivity index (χ4v) is 6.26. The van der Waals surface area contributed by atoms with Gasteiger partial charge in [-0.05, 0) is 62.4 Å². The van der Waals surface area contributed by atoms with Crippen molar-refractivity contribution in [3.8, 4) is 0 Å². The second-order valence-corrected chi connectivity index (χ2v) is 8.13. The molecule has 0 aliphatic heterocycles. The van der Waals surface area contributed by atoms with Crippen molar-refractivity contribution in [2.45, 2.75) is 58.3 Å². The molecule has 0 N–H and O–H groups in total. The number of hydrogen-bond acceptors (Lipinski definition) is 3. The highest BCUT2D eigenvalue weighted by atomic mass is 16.1. The van der Waals surface area contributed by atoms with E-state index in [1.54, 1.807) is 6.08 Å². The quantitative estimate of drug-likeness (QED) is 0.698. The van der Waals surface area contributed by atoms with Crippen LogP contribution in [0.5, 0.6) is 0 Å². The topological polar surface area (TPSA) is 51.2 Å². The van der Waals surface area contributed by atoms with Gasteiger partial charge in [0.15, 0.2) is 5.78 Å². The summed E-state index contributed by atoms with van der Waals surface area (Å²) < 4.78 is 0. The van der Waals surface area contributed by atoms with Crippen molar-refractivity contribution < 1.29 is 14.4 Å². The molecule has 22 heavy (non-hydrogen) atoms. The second-order valence-electron chi connectivity index (χ2n) is 8.13. The molecule has 3 nitrogen and oxygen atoms in total. The van der Waals surface area contributed by atoms with Crippen molar-refractivity contribution in [1.29, 1.82) is 0 Å². The van der Waals surface area contributed by atoms with Gasteiger partial charge in [0, 0.05) is 18.3 Å². The van der Waals surface area contributed by atoms with Crippen LogP contribution in [0.4, 0.5) is 0 Å². The summed E-state index contributed by atoms with van der Waals surface area (Å²) in [5.41, 5.74) is 0.550. The lowest BCUT2D eigenvalue weighted by molar-refractivity contribution is -0.135. The predicted octanol–water partition coefficient (Wildman–Crippen LogP) is 3.27. The zero-order valence-corrected chi connectivity index (χ0v) is 13.3. The summed E-state index contributed by atoms with van der Waals surface area (Å²) in [6.45, 7) is 2.16. The normalized spacial score (nSPS) is 47.3. The molecule has 0 aromatic carbocycles. The molecule has 0 radical (unpaired) electrons. The number of carbonyl (C=O) groups excluding carboxylic acids is 3. The van der Waals surface area contributed by atoms with Crippen molar-refractivity contribution in [3.05, 3.63) is 11.6 Å². The Morgan fingerprint density at radius 1 is 1.05 bits per heavy atom. The maximum atomic E-state index is 12.4. The van der Waals surface area contributed by atoms with Crippen LogP contribution in [0, 0.1) is 28.6 Å². The Bertz CT molecular complexity index is 589. The number of carbonyl (C=O) groups is 3. The molecule has 3 saturated carbocycles. The third kappa shape index (κ3) is 1.65. The monoisotopic (exact) mass is 300 g/mol. The Kier molecular flexibility index (Phi) is 3.02. The van der Waals surface area contributed by atoms with Gasteiger partial charge >= 0.3 is 0 Å². The van der Waals surface area contributed by atoms with Crippen LogP contribution in [0.1, 0.15) is 58.3 Å². The zero-order chi connectivity index (χ0) is 15.5. The summed E-state index contributed by atoms with van der Waals surface area (Å²) in [6.07, 6.45) is 9.65. The largest absolute Gasteiger partial charge is 0.302 e. The van der Waals surface area contributed by atoms with Crippen molar-refractivity contribution in [2.24, 2.45) is 28.6 Å². The summed E-state index contributed by atoms with van der Waals surface area (Å²) in [5.74, 6) is 1.91. The van der Waals surface area contributed by atoms with Gasteiger partial charge in [0.1, 0.15) is 12.1 Å². The van der Waals surface area contributed by atoms with Crippen LogP contribution in [-0.4, -0.2) is 17.9 Å². The maximum absolute atomic E-state index is 12.4. The summed E-state index contributed by atoms with van der Waals surface area (Å²) in [5, 5.41) is 0. The third-order valence-electron chi connectivity index (χ3n) is 7.48. The first-order valence-corrected chi connectivity index (χ1v) is 8.75. The van der Waals surface area contributed by atoms with Crippen LogP contribution in [0.15, 0.2) is 11.6 Å². The van der Waals surface area contributed by atoms with E-state index in [2.05, 4.69) is 6.92 Å². The summed E-state index contributed by atoms with van der Waals surface area (Å²) in [6, 6.07) is 0. The Balaban J connectivity index is 1.74. The molecular weight excluding hydrogens is 276 g/mol. The van der Waals surface area contributed by atoms with E-state index in [-0.39, 0.29) is 11.2 Å². The fraction of sp³-hybridized carbons (Fsp3) is 0.737. The van der Waals surface area contributed by atoms with Crippen LogP contribution in [0.25, 0.3) is 0 Å². The molecule has 0 spiro atoms. The number of hydrogen-bond donors (Lipinski definition) is 0. The minimum Gasteiger partial charge on any atom is -0.302 e. The molecule has 118 valence electrons. The van der Waals surface area contributed by atoms with E-state index in [4.69, 9.17) is 0 Å². The lowest BCUT2D eigenvalue weighted by Gasteiger charge is -2.55. The minimum atomic E-state index is -0.399. The molecule has 0 aromatic heterocycles. The van der Waals surface area contributed by atoms with Gasteiger partial charge in [-0.25, -0.2) is 0 Å². The standard InChI is InChI=1S/C19H24O3/c1-18-8-7-16-14(15(18)4-5-17(18)22)3-2-12-10-13(21)6-9-19(12,16)11-20/h10-11,14-16H,2-9H2,1H3/t14-,15+,16-,18+,19+/m0/s1. The molecular formula is C19H24O3. The zero-order valence-electron chi connectivity index (χ0n) is 13.3. The Labute approximate surface area is 131 Å². The number of Topliss-reactive ketones (excluding diaryl/α,β-unsaturated/α-hetero) is 1. The van der Waals surface area contributed by atoms with Crippen LogP contribution >= 0.6 is 0 Å². The lowest BCUT2D eigenvalue weighted by Crippen LogP contribution is -2.52. The Morgan fingerprint density at radius 3 is 2.64 bits per heavy atom. The molecule has 4 aliphatic rings. The smallest absolute Gasteiger partial charge is 0.155 e. The molecule has 0 heterocycles. The highest BCUT2D eigenvalue weighted by molar-refractivity contribution is 5.93. The number of ketones is 2. The van der Waals surface area contributed by atoms with E-state index >= 15 is 0 Å². The number of aldehydes is 1. The van der Waals surface area contributed by atoms with Gasteiger partial charge in [0.25, 0.3) is 0 Å². The highest BCUT2D eigenvalue weighted by Gasteiger charge is 2.60. The van der Waals surface area contributed by atoms with E-state index < -0.39 is 5.41 Å². The molecule has 4 rings (SSSR count). The van der Waals surface area contributed by atoms with Gasteiger partial charge in [-0.3, -0.25) is 9.59 Å². The molecule has 0 amide bonds.